The zero-order valence-electron chi connectivity index (χ0n) is 8.53. The Hall–Kier alpha value is -1.90. The molecule has 1 heterocycles. The molecule has 0 aliphatic carbocycles. The Kier molecular flexibility index (Phi) is 2.63. The van der Waals surface area contributed by atoms with E-state index in [9.17, 15) is 4.79 Å². The first kappa shape index (κ1) is 9.65. The van der Waals surface area contributed by atoms with Gasteiger partial charge in [0, 0.05) is 0 Å². The number of nitrogens with one attached hydrogen (secondary N) is 1. The summed E-state index contributed by atoms with van der Waals surface area (Å²) in [5, 5.41) is 0. The van der Waals surface area contributed by atoms with Gasteiger partial charge in [0.15, 0.2) is 0 Å². The van der Waals surface area contributed by atoms with Gasteiger partial charge in [-0.2, -0.15) is 0 Å². The van der Waals surface area contributed by atoms with Crippen molar-refractivity contribution in [2.75, 3.05) is 0 Å². The van der Waals surface area contributed by atoms with Gasteiger partial charge in [-0.05, 0) is 12.5 Å². The minimum Gasteiger partial charge on any atom is -0.342 e. The number of imidazole rings is 1. The maximum absolute atomic E-state index is 10.9. The average molecular weight is 200 g/mol. The van der Waals surface area contributed by atoms with Crippen LogP contribution in [0.15, 0.2) is 36.5 Å². The lowest BCUT2D eigenvalue weighted by molar-refractivity contribution is -0.116. The lowest BCUT2D eigenvalue weighted by atomic mass is 10.2. The summed E-state index contributed by atoms with van der Waals surface area (Å²) in [4.78, 5) is 18.2. The molecule has 0 unspecified atom stereocenters. The van der Waals surface area contributed by atoms with E-state index in [0.29, 0.717) is 6.42 Å². The van der Waals surface area contributed by atoms with E-state index in [1.807, 2.05) is 30.3 Å². The van der Waals surface area contributed by atoms with Crippen LogP contribution >= 0.6 is 0 Å². The van der Waals surface area contributed by atoms with Crippen molar-refractivity contribution in [1.29, 1.82) is 0 Å². The zero-order chi connectivity index (χ0) is 10.7. The minimum atomic E-state index is 0.115. The van der Waals surface area contributed by atoms with Crippen molar-refractivity contribution in [1.82, 2.24) is 9.97 Å². The quantitative estimate of drug-likeness (QED) is 0.825. The van der Waals surface area contributed by atoms with Crippen molar-refractivity contribution >= 4 is 5.78 Å². The third kappa shape index (κ3) is 2.31. The lowest BCUT2D eigenvalue weighted by Crippen LogP contribution is -1.97. The first-order valence-corrected chi connectivity index (χ1v) is 4.84. The average Bonchev–Trinajstić information content (AvgIpc) is 2.67. The normalized spacial score (nSPS) is 10.2. The number of H-pyrrole nitrogens is 1. The van der Waals surface area contributed by atoms with Crippen molar-refractivity contribution < 1.29 is 4.79 Å². The fraction of sp³-hybridized carbons (Fsp3) is 0.167. The number of carbonyl (C=O) groups is 1. The molecular formula is C12H12N2O. The van der Waals surface area contributed by atoms with Gasteiger partial charge >= 0.3 is 0 Å². The molecule has 0 amide bonds. The van der Waals surface area contributed by atoms with Crippen LogP contribution in [0.2, 0.25) is 0 Å². The first-order chi connectivity index (χ1) is 7.25. The minimum absolute atomic E-state index is 0.115. The molecule has 3 nitrogen and oxygen atoms in total. The fourth-order valence-electron chi connectivity index (χ4n) is 1.45. The number of benzene rings is 1. The van der Waals surface area contributed by atoms with E-state index in [1.54, 1.807) is 13.1 Å². The van der Waals surface area contributed by atoms with Gasteiger partial charge in [-0.3, -0.25) is 4.79 Å². The topological polar surface area (TPSA) is 45.8 Å². The molecule has 0 saturated heterocycles. The summed E-state index contributed by atoms with van der Waals surface area (Å²) in [6.07, 6.45) is 2.13. The van der Waals surface area contributed by atoms with E-state index in [0.717, 1.165) is 17.1 Å². The van der Waals surface area contributed by atoms with Crippen LogP contribution in [0.5, 0.6) is 0 Å². The molecule has 2 rings (SSSR count). The highest BCUT2D eigenvalue weighted by Gasteiger charge is 2.04. The Labute approximate surface area is 88.2 Å². The standard InChI is InChI=1S/C12H12N2O/c1-9(15)7-12-13-8-11(14-12)10-5-3-2-4-6-10/h2-6,8H,7H2,1H3,(H,13,14). The highest BCUT2D eigenvalue weighted by molar-refractivity contribution is 5.77. The fourth-order valence-corrected chi connectivity index (χ4v) is 1.45. The first-order valence-electron chi connectivity index (χ1n) is 4.84. The molecule has 0 aliphatic heterocycles. The van der Waals surface area contributed by atoms with Crippen LogP contribution in [0, 0.1) is 0 Å². The number of ketones is 1. The van der Waals surface area contributed by atoms with Gasteiger partial charge in [0.25, 0.3) is 0 Å². The van der Waals surface area contributed by atoms with E-state index < -0.39 is 0 Å². The number of aromatic amines is 1. The molecule has 0 radical (unpaired) electrons. The molecule has 0 fully saturated rings. The van der Waals surface area contributed by atoms with Crippen molar-refractivity contribution in [3.8, 4) is 11.3 Å². The molecule has 0 spiro atoms. The Morgan fingerprint density at radius 3 is 2.73 bits per heavy atom. The highest BCUT2D eigenvalue weighted by Crippen LogP contribution is 2.15. The Morgan fingerprint density at radius 1 is 1.33 bits per heavy atom. The van der Waals surface area contributed by atoms with Crippen LogP contribution in [0.25, 0.3) is 11.3 Å². The molecule has 1 N–H and O–H groups in total. The van der Waals surface area contributed by atoms with E-state index in [-0.39, 0.29) is 5.78 Å². The van der Waals surface area contributed by atoms with Crippen LogP contribution < -0.4 is 0 Å². The maximum atomic E-state index is 10.9. The highest BCUT2D eigenvalue weighted by atomic mass is 16.1. The molecule has 3 heteroatoms. The van der Waals surface area contributed by atoms with Gasteiger partial charge < -0.3 is 4.98 Å². The number of aromatic nitrogens is 2. The van der Waals surface area contributed by atoms with Crippen LogP contribution in [-0.4, -0.2) is 15.8 Å². The van der Waals surface area contributed by atoms with Gasteiger partial charge in [-0.25, -0.2) is 4.98 Å². The Balaban J connectivity index is 2.24. The molecule has 2 aromatic rings. The van der Waals surface area contributed by atoms with Crippen LogP contribution in [0.1, 0.15) is 12.7 Å². The predicted molar refractivity (Wildman–Crippen MR) is 58.4 cm³/mol. The van der Waals surface area contributed by atoms with Gasteiger partial charge in [-0.15, -0.1) is 0 Å². The van der Waals surface area contributed by atoms with Crippen molar-refractivity contribution in [2.45, 2.75) is 13.3 Å². The van der Waals surface area contributed by atoms with Gasteiger partial charge in [0.1, 0.15) is 11.6 Å². The summed E-state index contributed by atoms with van der Waals surface area (Å²) in [5.74, 6) is 0.838. The number of carbonyl (C=O) groups excluding carboxylic acids is 1. The van der Waals surface area contributed by atoms with E-state index in [4.69, 9.17) is 0 Å². The summed E-state index contributed by atoms with van der Waals surface area (Å²) in [7, 11) is 0. The zero-order valence-corrected chi connectivity index (χ0v) is 8.53. The summed E-state index contributed by atoms with van der Waals surface area (Å²) >= 11 is 0. The molecule has 1 aromatic carbocycles. The van der Waals surface area contributed by atoms with Crippen LogP contribution in [-0.2, 0) is 11.2 Å². The number of hydrogen-bond donors (Lipinski definition) is 1. The molecule has 0 saturated carbocycles. The SMILES string of the molecule is CC(=O)Cc1ncc(-c2ccccc2)[nH]1. The molecule has 0 bridgehead atoms. The number of nitrogens with zero attached hydrogens (tertiary/aromatic N) is 1. The molecule has 15 heavy (non-hydrogen) atoms. The third-order valence-corrected chi connectivity index (χ3v) is 2.13. The third-order valence-electron chi connectivity index (χ3n) is 2.13. The lowest BCUT2D eigenvalue weighted by Gasteiger charge is -1.95. The molecule has 76 valence electrons. The second-order valence-electron chi connectivity index (χ2n) is 3.49. The van der Waals surface area contributed by atoms with E-state index >= 15 is 0 Å². The van der Waals surface area contributed by atoms with Gasteiger partial charge in [0.05, 0.1) is 18.3 Å². The Bertz CT molecular complexity index is 459. The van der Waals surface area contributed by atoms with E-state index in [2.05, 4.69) is 9.97 Å². The molecule has 1 aromatic heterocycles. The van der Waals surface area contributed by atoms with Crippen molar-refractivity contribution in [2.24, 2.45) is 0 Å². The Morgan fingerprint density at radius 2 is 2.07 bits per heavy atom. The molecule has 0 aliphatic rings. The summed E-state index contributed by atoms with van der Waals surface area (Å²) in [5.41, 5.74) is 2.03. The maximum Gasteiger partial charge on any atom is 0.137 e. The monoisotopic (exact) mass is 200 g/mol. The second-order valence-corrected chi connectivity index (χ2v) is 3.49. The van der Waals surface area contributed by atoms with Crippen molar-refractivity contribution in [3.63, 3.8) is 0 Å². The van der Waals surface area contributed by atoms with E-state index in [1.165, 1.54) is 0 Å². The largest absolute Gasteiger partial charge is 0.342 e. The summed E-state index contributed by atoms with van der Waals surface area (Å²) < 4.78 is 0. The van der Waals surface area contributed by atoms with Gasteiger partial charge in [0.2, 0.25) is 0 Å². The summed E-state index contributed by atoms with van der Waals surface area (Å²) in [6, 6.07) is 9.92. The smallest absolute Gasteiger partial charge is 0.137 e. The molecule has 0 atom stereocenters. The van der Waals surface area contributed by atoms with Crippen LogP contribution in [0.4, 0.5) is 0 Å². The number of rotatable bonds is 3. The predicted octanol–water partition coefficient (Wildman–Crippen LogP) is 2.21. The second kappa shape index (κ2) is 4.09. The van der Waals surface area contributed by atoms with Crippen molar-refractivity contribution in [3.05, 3.63) is 42.4 Å². The molecular weight excluding hydrogens is 188 g/mol. The number of Topliss-reactive ketones (excluding diaryl/α,β-unsaturated/α-hetero) is 1. The number of hydrogen-bond acceptors (Lipinski definition) is 2. The summed E-state index contributed by atoms with van der Waals surface area (Å²) in [6.45, 7) is 1.56. The van der Waals surface area contributed by atoms with Gasteiger partial charge in [-0.1, -0.05) is 30.3 Å². The van der Waals surface area contributed by atoms with Crippen LogP contribution in [0.3, 0.4) is 0 Å².